The van der Waals surface area contributed by atoms with Crippen molar-refractivity contribution >= 4 is 5.91 Å². The molecule has 1 heterocycles. The number of hydrogen-bond acceptors (Lipinski definition) is 3. The molecular formula is C17H23N3O. The number of rotatable bonds is 6. The van der Waals surface area contributed by atoms with E-state index in [1.807, 2.05) is 18.2 Å². The van der Waals surface area contributed by atoms with E-state index in [9.17, 15) is 4.79 Å². The monoisotopic (exact) mass is 285 g/mol. The summed E-state index contributed by atoms with van der Waals surface area (Å²) in [5.41, 5.74) is 1.29. The van der Waals surface area contributed by atoms with E-state index in [0.717, 1.165) is 38.8 Å². The fourth-order valence-electron chi connectivity index (χ4n) is 2.73. The Kier molecular flexibility index (Phi) is 6.23. The second-order valence-electron chi connectivity index (χ2n) is 5.62. The number of piperidine rings is 1. The van der Waals surface area contributed by atoms with Crippen LogP contribution < -0.4 is 5.32 Å². The molecule has 1 saturated heterocycles. The molecule has 0 bridgehead atoms. The lowest BCUT2D eigenvalue weighted by atomic mass is 10.0. The number of carbonyl (C=O) groups excluding carboxylic acids is 1. The number of nitriles is 1. The van der Waals surface area contributed by atoms with Gasteiger partial charge in [-0.05, 0) is 31.2 Å². The van der Waals surface area contributed by atoms with Gasteiger partial charge in [-0.25, -0.2) is 0 Å². The van der Waals surface area contributed by atoms with E-state index in [4.69, 9.17) is 5.26 Å². The molecule has 0 unspecified atom stereocenters. The van der Waals surface area contributed by atoms with Crippen LogP contribution in [0.4, 0.5) is 0 Å². The number of benzene rings is 1. The number of nitrogens with zero attached hydrogens (tertiary/aromatic N) is 2. The van der Waals surface area contributed by atoms with Gasteiger partial charge in [0, 0.05) is 25.6 Å². The topological polar surface area (TPSA) is 56.1 Å². The summed E-state index contributed by atoms with van der Waals surface area (Å²) in [6.07, 6.45) is 4.34. The van der Waals surface area contributed by atoms with Crippen molar-refractivity contribution < 1.29 is 4.79 Å². The Labute approximate surface area is 126 Å². The molecule has 1 fully saturated rings. The normalized spacial score (nSPS) is 16.3. The average molecular weight is 285 g/mol. The third-order valence-corrected chi connectivity index (χ3v) is 3.96. The smallest absolute Gasteiger partial charge is 0.220 e. The van der Waals surface area contributed by atoms with Crippen LogP contribution in [0.15, 0.2) is 30.3 Å². The Bertz CT molecular complexity index is 473. The van der Waals surface area contributed by atoms with Gasteiger partial charge in [0.25, 0.3) is 0 Å². The Morgan fingerprint density at radius 1 is 1.29 bits per heavy atom. The molecule has 0 atom stereocenters. The van der Waals surface area contributed by atoms with Gasteiger partial charge in [-0.1, -0.05) is 30.3 Å². The molecule has 1 aliphatic heterocycles. The molecule has 4 nitrogen and oxygen atoms in total. The number of amides is 1. The molecule has 0 saturated carbocycles. The van der Waals surface area contributed by atoms with Gasteiger partial charge >= 0.3 is 0 Å². The second kappa shape index (κ2) is 8.43. The van der Waals surface area contributed by atoms with Gasteiger partial charge in [0.2, 0.25) is 5.91 Å². The summed E-state index contributed by atoms with van der Waals surface area (Å²) in [7, 11) is 0. The summed E-state index contributed by atoms with van der Waals surface area (Å²) < 4.78 is 0. The number of likely N-dealkylation sites (tertiary alicyclic amines) is 1. The van der Waals surface area contributed by atoms with Crippen LogP contribution >= 0.6 is 0 Å². The Morgan fingerprint density at radius 3 is 2.67 bits per heavy atom. The molecule has 112 valence electrons. The summed E-state index contributed by atoms with van der Waals surface area (Å²) in [4.78, 5) is 14.1. The molecule has 1 aromatic carbocycles. The van der Waals surface area contributed by atoms with Crippen molar-refractivity contribution in [2.45, 2.75) is 38.1 Å². The molecular weight excluding hydrogens is 262 g/mol. The van der Waals surface area contributed by atoms with Gasteiger partial charge in [-0.3, -0.25) is 9.69 Å². The maximum atomic E-state index is 11.9. The third kappa shape index (κ3) is 5.57. The van der Waals surface area contributed by atoms with E-state index in [1.165, 1.54) is 5.56 Å². The lowest BCUT2D eigenvalue weighted by Gasteiger charge is -2.30. The highest BCUT2D eigenvalue weighted by Crippen LogP contribution is 2.10. The van der Waals surface area contributed by atoms with Crippen molar-refractivity contribution in [2.24, 2.45) is 0 Å². The molecule has 0 radical (unpaired) electrons. The number of carbonyl (C=O) groups is 1. The van der Waals surface area contributed by atoms with Crippen molar-refractivity contribution in [3.8, 4) is 6.07 Å². The molecule has 1 aliphatic rings. The van der Waals surface area contributed by atoms with E-state index in [2.05, 4.69) is 28.4 Å². The fraction of sp³-hybridized carbons (Fsp3) is 0.529. The van der Waals surface area contributed by atoms with Crippen molar-refractivity contribution in [1.82, 2.24) is 10.2 Å². The van der Waals surface area contributed by atoms with Crippen LogP contribution in [0.2, 0.25) is 0 Å². The predicted octanol–water partition coefficient (Wildman–Crippen LogP) is 2.11. The van der Waals surface area contributed by atoms with Gasteiger partial charge in [0.05, 0.1) is 12.6 Å². The van der Waals surface area contributed by atoms with Crippen LogP contribution in [-0.2, 0) is 11.2 Å². The molecule has 21 heavy (non-hydrogen) atoms. The van der Waals surface area contributed by atoms with Crippen LogP contribution in [-0.4, -0.2) is 36.5 Å². The van der Waals surface area contributed by atoms with E-state index in [1.54, 1.807) is 0 Å². The molecule has 1 N–H and O–H groups in total. The minimum atomic E-state index is 0.157. The zero-order chi connectivity index (χ0) is 14.9. The molecule has 0 spiro atoms. The Morgan fingerprint density at radius 2 is 2.00 bits per heavy atom. The van der Waals surface area contributed by atoms with Crippen molar-refractivity contribution in [1.29, 1.82) is 5.26 Å². The van der Waals surface area contributed by atoms with Gasteiger partial charge in [0.1, 0.15) is 0 Å². The van der Waals surface area contributed by atoms with E-state index in [0.29, 0.717) is 13.0 Å². The molecule has 0 aromatic heterocycles. The first kappa shape index (κ1) is 15.5. The van der Waals surface area contributed by atoms with E-state index < -0.39 is 0 Å². The molecule has 4 heteroatoms. The summed E-state index contributed by atoms with van der Waals surface area (Å²) in [5.74, 6) is 0.157. The zero-order valence-electron chi connectivity index (χ0n) is 12.4. The highest BCUT2D eigenvalue weighted by atomic mass is 16.1. The van der Waals surface area contributed by atoms with Crippen LogP contribution in [0, 0.1) is 11.3 Å². The number of aryl methyl sites for hydroxylation is 1. The number of nitrogens with one attached hydrogen (secondary N) is 1. The average Bonchev–Trinajstić information content (AvgIpc) is 2.51. The number of hydrogen-bond donors (Lipinski definition) is 1. The van der Waals surface area contributed by atoms with Crippen LogP contribution in [0.5, 0.6) is 0 Å². The Hall–Kier alpha value is -1.86. The van der Waals surface area contributed by atoms with Crippen LogP contribution in [0.25, 0.3) is 0 Å². The van der Waals surface area contributed by atoms with Crippen molar-refractivity contribution in [3.05, 3.63) is 35.9 Å². The summed E-state index contributed by atoms with van der Waals surface area (Å²) in [6, 6.07) is 12.7. The maximum absolute atomic E-state index is 11.9. The first-order valence-electron chi connectivity index (χ1n) is 7.70. The van der Waals surface area contributed by atoms with E-state index in [-0.39, 0.29) is 11.9 Å². The molecule has 1 amide bonds. The fourth-order valence-corrected chi connectivity index (χ4v) is 2.73. The SMILES string of the molecule is N#CCN1CCC(NC(=O)CCCc2ccccc2)CC1. The third-order valence-electron chi connectivity index (χ3n) is 3.96. The van der Waals surface area contributed by atoms with Gasteiger partial charge in [0.15, 0.2) is 0 Å². The molecule has 1 aromatic rings. The highest BCUT2D eigenvalue weighted by Gasteiger charge is 2.19. The highest BCUT2D eigenvalue weighted by molar-refractivity contribution is 5.76. The van der Waals surface area contributed by atoms with Crippen molar-refractivity contribution in [3.63, 3.8) is 0 Å². The first-order valence-corrected chi connectivity index (χ1v) is 7.70. The van der Waals surface area contributed by atoms with Crippen LogP contribution in [0.1, 0.15) is 31.2 Å². The lowest BCUT2D eigenvalue weighted by molar-refractivity contribution is -0.122. The van der Waals surface area contributed by atoms with E-state index >= 15 is 0 Å². The van der Waals surface area contributed by atoms with Crippen LogP contribution in [0.3, 0.4) is 0 Å². The van der Waals surface area contributed by atoms with Crippen molar-refractivity contribution in [2.75, 3.05) is 19.6 Å². The van der Waals surface area contributed by atoms with Gasteiger partial charge in [-0.2, -0.15) is 5.26 Å². The summed E-state index contributed by atoms with van der Waals surface area (Å²) in [6.45, 7) is 2.31. The maximum Gasteiger partial charge on any atom is 0.220 e. The van der Waals surface area contributed by atoms with Gasteiger partial charge in [-0.15, -0.1) is 0 Å². The standard InChI is InChI=1S/C17H23N3O/c18-11-14-20-12-9-16(10-13-20)19-17(21)8-4-7-15-5-2-1-3-6-15/h1-3,5-6,16H,4,7-10,12-14H2,(H,19,21). The first-order chi connectivity index (χ1) is 10.3. The largest absolute Gasteiger partial charge is 0.353 e. The lowest BCUT2D eigenvalue weighted by Crippen LogP contribution is -2.44. The Balaban J connectivity index is 1.61. The summed E-state index contributed by atoms with van der Waals surface area (Å²) in [5, 5.41) is 11.8. The second-order valence-corrected chi connectivity index (χ2v) is 5.62. The minimum Gasteiger partial charge on any atom is -0.353 e. The quantitative estimate of drug-likeness (QED) is 0.814. The molecule has 0 aliphatic carbocycles. The molecule has 2 rings (SSSR count). The minimum absolute atomic E-state index is 0.157. The summed E-state index contributed by atoms with van der Waals surface area (Å²) >= 11 is 0. The predicted molar refractivity (Wildman–Crippen MR) is 82.6 cm³/mol. The van der Waals surface area contributed by atoms with Gasteiger partial charge < -0.3 is 5.32 Å². The zero-order valence-corrected chi connectivity index (χ0v) is 12.4.